The Labute approximate surface area is 115 Å². The van der Waals surface area contributed by atoms with Crippen LogP contribution in [0.1, 0.15) is 5.56 Å². The number of nitro benzene ring substituents is 1. The second-order valence-corrected chi connectivity index (χ2v) is 3.94. The van der Waals surface area contributed by atoms with Gasteiger partial charge in [0.1, 0.15) is 5.75 Å². The Bertz CT molecular complexity index is 651. The Morgan fingerprint density at radius 2 is 1.90 bits per heavy atom. The first-order valence-electron chi connectivity index (χ1n) is 5.74. The normalized spacial score (nSPS) is 10.7. The predicted molar refractivity (Wildman–Crippen MR) is 72.8 cm³/mol. The SMILES string of the molecule is COc1ccc(C=Nc2cc([N+](=O)[O-])ccc2[O-])cc1. The fourth-order valence-corrected chi connectivity index (χ4v) is 1.55. The van der Waals surface area contributed by atoms with Gasteiger partial charge in [-0.2, -0.15) is 0 Å². The molecule has 0 aliphatic heterocycles. The largest absolute Gasteiger partial charge is 0.871 e. The van der Waals surface area contributed by atoms with Gasteiger partial charge in [0, 0.05) is 18.3 Å². The van der Waals surface area contributed by atoms with Gasteiger partial charge in [0.25, 0.3) is 5.69 Å². The van der Waals surface area contributed by atoms with Crippen LogP contribution < -0.4 is 9.84 Å². The molecule has 0 aliphatic rings. The van der Waals surface area contributed by atoms with Crippen LogP contribution >= 0.6 is 0 Å². The van der Waals surface area contributed by atoms with Crippen LogP contribution in [0, 0.1) is 10.1 Å². The minimum Gasteiger partial charge on any atom is -0.871 e. The molecule has 20 heavy (non-hydrogen) atoms. The standard InChI is InChI=1S/C14H12N2O4/c1-20-12-5-2-10(3-6-12)9-15-13-8-11(16(18)19)4-7-14(13)17/h2-9,17H,1H3/p-1. The van der Waals surface area contributed by atoms with Crippen molar-refractivity contribution in [2.45, 2.75) is 0 Å². The van der Waals surface area contributed by atoms with Crippen molar-refractivity contribution in [1.82, 2.24) is 0 Å². The van der Waals surface area contributed by atoms with Gasteiger partial charge in [0.2, 0.25) is 0 Å². The van der Waals surface area contributed by atoms with Gasteiger partial charge in [-0.15, -0.1) is 0 Å². The molecule has 0 spiro atoms. The molecule has 2 aromatic carbocycles. The van der Waals surface area contributed by atoms with Crippen molar-refractivity contribution < 1.29 is 14.8 Å². The van der Waals surface area contributed by atoms with E-state index in [9.17, 15) is 15.2 Å². The molecule has 0 aliphatic carbocycles. The third-order valence-electron chi connectivity index (χ3n) is 2.62. The third kappa shape index (κ3) is 3.11. The zero-order valence-corrected chi connectivity index (χ0v) is 10.6. The van der Waals surface area contributed by atoms with Crippen LogP contribution in [-0.2, 0) is 0 Å². The summed E-state index contributed by atoms with van der Waals surface area (Å²) in [6, 6.07) is 10.5. The molecule has 0 saturated heterocycles. The average molecular weight is 271 g/mol. The van der Waals surface area contributed by atoms with E-state index in [1.165, 1.54) is 6.21 Å². The van der Waals surface area contributed by atoms with E-state index >= 15 is 0 Å². The summed E-state index contributed by atoms with van der Waals surface area (Å²) in [7, 11) is 1.57. The molecule has 6 heteroatoms. The topological polar surface area (TPSA) is 87.8 Å². The average Bonchev–Trinajstić information content (AvgIpc) is 2.46. The van der Waals surface area contributed by atoms with Crippen molar-refractivity contribution in [3.63, 3.8) is 0 Å². The number of hydrogen-bond acceptors (Lipinski definition) is 5. The van der Waals surface area contributed by atoms with Crippen molar-refractivity contribution in [2.75, 3.05) is 7.11 Å². The monoisotopic (exact) mass is 271 g/mol. The molecule has 0 fully saturated rings. The van der Waals surface area contributed by atoms with E-state index in [0.29, 0.717) is 5.75 Å². The number of non-ortho nitro benzene ring substituents is 1. The number of nitro groups is 1. The zero-order valence-electron chi connectivity index (χ0n) is 10.6. The fraction of sp³-hybridized carbons (Fsp3) is 0.0714. The second kappa shape index (κ2) is 5.83. The molecule has 0 amide bonds. The Balaban J connectivity index is 2.25. The highest BCUT2D eigenvalue weighted by molar-refractivity contribution is 5.83. The molecule has 0 saturated carbocycles. The molecule has 0 N–H and O–H groups in total. The molecule has 0 atom stereocenters. The minimum absolute atomic E-state index is 0.0371. The van der Waals surface area contributed by atoms with Crippen molar-refractivity contribution in [1.29, 1.82) is 0 Å². The van der Waals surface area contributed by atoms with Crippen molar-refractivity contribution in [2.24, 2.45) is 4.99 Å². The van der Waals surface area contributed by atoms with Gasteiger partial charge >= 0.3 is 0 Å². The van der Waals surface area contributed by atoms with Crippen molar-refractivity contribution >= 4 is 17.6 Å². The molecule has 0 unspecified atom stereocenters. The Morgan fingerprint density at radius 3 is 2.50 bits per heavy atom. The maximum absolute atomic E-state index is 11.6. The summed E-state index contributed by atoms with van der Waals surface area (Å²) in [6.45, 7) is 0. The van der Waals surface area contributed by atoms with Crippen LogP contribution in [0.2, 0.25) is 0 Å². The first kappa shape index (κ1) is 13.5. The number of nitrogens with zero attached hydrogens (tertiary/aromatic N) is 2. The first-order valence-corrected chi connectivity index (χ1v) is 5.74. The zero-order chi connectivity index (χ0) is 14.5. The van der Waals surface area contributed by atoms with Gasteiger partial charge in [-0.25, -0.2) is 0 Å². The maximum atomic E-state index is 11.6. The summed E-state index contributed by atoms with van der Waals surface area (Å²) in [5, 5.41) is 22.2. The number of aliphatic imine (C=N–C) groups is 1. The molecule has 2 rings (SSSR count). The van der Waals surface area contributed by atoms with E-state index < -0.39 is 4.92 Å². The van der Waals surface area contributed by atoms with E-state index in [1.54, 1.807) is 31.4 Å². The third-order valence-corrected chi connectivity index (χ3v) is 2.62. The molecule has 102 valence electrons. The highest BCUT2D eigenvalue weighted by Gasteiger charge is 2.05. The summed E-state index contributed by atoms with van der Waals surface area (Å²) >= 11 is 0. The lowest BCUT2D eigenvalue weighted by molar-refractivity contribution is -0.385. The maximum Gasteiger partial charge on any atom is 0.271 e. The number of rotatable bonds is 4. The number of methoxy groups -OCH3 is 1. The second-order valence-electron chi connectivity index (χ2n) is 3.94. The van der Waals surface area contributed by atoms with Gasteiger partial charge in [-0.05, 0) is 29.8 Å². The minimum atomic E-state index is -0.564. The summed E-state index contributed by atoms with van der Waals surface area (Å²) in [5.41, 5.74) is 0.637. The van der Waals surface area contributed by atoms with E-state index in [0.717, 1.165) is 23.8 Å². The van der Waals surface area contributed by atoms with Crippen LogP contribution in [0.15, 0.2) is 47.5 Å². The molecular weight excluding hydrogens is 260 g/mol. The number of benzene rings is 2. The van der Waals surface area contributed by atoms with Gasteiger partial charge in [0.05, 0.1) is 17.7 Å². The lowest BCUT2D eigenvalue weighted by atomic mass is 10.2. The lowest BCUT2D eigenvalue weighted by Gasteiger charge is -2.08. The van der Waals surface area contributed by atoms with E-state index in [2.05, 4.69) is 4.99 Å². The van der Waals surface area contributed by atoms with Crippen LogP contribution in [0.5, 0.6) is 11.5 Å². The highest BCUT2D eigenvalue weighted by atomic mass is 16.6. The van der Waals surface area contributed by atoms with Crippen LogP contribution in [-0.4, -0.2) is 18.2 Å². The summed E-state index contributed by atoms with van der Waals surface area (Å²) in [6.07, 6.45) is 1.47. The Hall–Kier alpha value is -2.89. The molecule has 0 bridgehead atoms. The first-order chi connectivity index (χ1) is 9.60. The number of ether oxygens (including phenoxy) is 1. The predicted octanol–water partition coefficient (Wildman–Crippen LogP) is 2.43. The highest BCUT2D eigenvalue weighted by Crippen LogP contribution is 2.28. The van der Waals surface area contributed by atoms with Gasteiger partial charge < -0.3 is 9.84 Å². The number of hydrogen-bond donors (Lipinski definition) is 0. The summed E-state index contributed by atoms with van der Waals surface area (Å²) in [5.74, 6) is 0.349. The smallest absolute Gasteiger partial charge is 0.271 e. The van der Waals surface area contributed by atoms with Crippen LogP contribution in [0.3, 0.4) is 0 Å². The molecule has 0 aromatic heterocycles. The quantitative estimate of drug-likeness (QED) is 0.485. The van der Waals surface area contributed by atoms with E-state index in [1.807, 2.05) is 0 Å². The van der Waals surface area contributed by atoms with E-state index in [4.69, 9.17) is 4.74 Å². The van der Waals surface area contributed by atoms with Crippen LogP contribution in [0.25, 0.3) is 0 Å². The Morgan fingerprint density at radius 1 is 1.20 bits per heavy atom. The van der Waals surface area contributed by atoms with Gasteiger partial charge in [-0.3, -0.25) is 15.1 Å². The Kier molecular flexibility index (Phi) is 3.95. The summed E-state index contributed by atoms with van der Waals surface area (Å²) in [4.78, 5) is 14.1. The van der Waals surface area contributed by atoms with E-state index in [-0.39, 0.29) is 17.1 Å². The van der Waals surface area contributed by atoms with Crippen LogP contribution in [0.4, 0.5) is 11.4 Å². The lowest BCUT2D eigenvalue weighted by Crippen LogP contribution is -1.93. The molecule has 0 heterocycles. The van der Waals surface area contributed by atoms with Crippen molar-refractivity contribution in [3.05, 3.63) is 58.1 Å². The molecular formula is C14H11N2O4-. The fourth-order valence-electron chi connectivity index (χ4n) is 1.55. The molecule has 0 radical (unpaired) electrons. The molecule has 2 aromatic rings. The van der Waals surface area contributed by atoms with Gasteiger partial charge in [-0.1, -0.05) is 11.8 Å². The van der Waals surface area contributed by atoms with Crippen molar-refractivity contribution in [3.8, 4) is 11.5 Å². The molecule has 6 nitrogen and oxygen atoms in total. The summed E-state index contributed by atoms with van der Waals surface area (Å²) < 4.78 is 5.02. The van der Waals surface area contributed by atoms with Gasteiger partial charge in [0.15, 0.2) is 0 Å².